The predicted octanol–water partition coefficient (Wildman–Crippen LogP) is 3.57. The van der Waals surface area contributed by atoms with Crippen LogP contribution in [0.3, 0.4) is 0 Å². The predicted molar refractivity (Wildman–Crippen MR) is 69.7 cm³/mol. The van der Waals surface area contributed by atoms with Gasteiger partial charge in [-0.25, -0.2) is 0 Å². The molecule has 1 aliphatic carbocycles. The van der Waals surface area contributed by atoms with Gasteiger partial charge in [0.05, 0.1) is 0 Å². The molecule has 1 saturated carbocycles. The van der Waals surface area contributed by atoms with Gasteiger partial charge in [-0.3, -0.25) is 0 Å². The van der Waals surface area contributed by atoms with Crippen molar-refractivity contribution in [3.63, 3.8) is 0 Å². The lowest BCUT2D eigenvalue weighted by Crippen LogP contribution is -2.30. The van der Waals surface area contributed by atoms with E-state index in [1.54, 1.807) is 0 Å². The second-order valence-electron chi connectivity index (χ2n) is 5.30. The highest BCUT2D eigenvalue weighted by atomic mass is 14.9. The largest absolute Gasteiger partial charge is 0.314 e. The van der Waals surface area contributed by atoms with Crippen molar-refractivity contribution in [2.24, 2.45) is 5.92 Å². The third-order valence-corrected chi connectivity index (χ3v) is 3.52. The van der Waals surface area contributed by atoms with Crippen molar-refractivity contribution in [2.45, 2.75) is 45.1 Å². The van der Waals surface area contributed by atoms with Crippen LogP contribution in [0.4, 0.5) is 0 Å². The monoisotopic (exact) mass is 217 g/mol. The summed E-state index contributed by atoms with van der Waals surface area (Å²) < 4.78 is 0. The van der Waals surface area contributed by atoms with Gasteiger partial charge in [0.25, 0.3) is 0 Å². The Morgan fingerprint density at radius 2 is 1.88 bits per heavy atom. The molecule has 0 radical (unpaired) electrons. The van der Waals surface area contributed by atoms with E-state index in [9.17, 15) is 0 Å². The van der Waals surface area contributed by atoms with Gasteiger partial charge < -0.3 is 5.32 Å². The maximum absolute atomic E-state index is 3.65. The van der Waals surface area contributed by atoms with Crippen LogP contribution in [0.25, 0.3) is 0 Å². The van der Waals surface area contributed by atoms with Crippen LogP contribution in [0.1, 0.15) is 44.6 Å². The minimum atomic E-state index is 0.614. The third-order valence-electron chi connectivity index (χ3n) is 3.52. The average molecular weight is 217 g/mol. The van der Waals surface area contributed by atoms with Crippen molar-refractivity contribution >= 4 is 0 Å². The second kappa shape index (κ2) is 5.49. The fourth-order valence-corrected chi connectivity index (χ4v) is 2.21. The quantitative estimate of drug-likeness (QED) is 0.768. The third kappa shape index (κ3) is 3.64. The number of nitrogens with one attached hydrogen (secondary N) is 1. The molecule has 0 amide bonds. The Kier molecular flexibility index (Phi) is 4.00. The Labute approximate surface area is 99.3 Å². The van der Waals surface area contributed by atoms with E-state index in [1.807, 2.05) is 0 Å². The average Bonchev–Trinajstić information content (AvgIpc) is 3.11. The van der Waals surface area contributed by atoms with Crippen LogP contribution in [0.5, 0.6) is 0 Å². The first-order valence-electron chi connectivity index (χ1n) is 6.54. The van der Waals surface area contributed by atoms with E-state index in [4.69, 9.17) is 0 Å². The van der Waals surface area contributed by atoms with E-state index >= 15 is 0 Å². The van der Waals surface area contributed by atoms with Crippen molar-refractivity contribution in [1.29, 1.82) is 0 Å². The summed E-state index contributed by atoms with van der Waals surface area (Å²) in [5, 5.41) is 3.65. The molecule has 1 N–H and O–H groups in total. The molecule has 1 aromatic rings. The Hall–Kier alpha value is -0.820. The first-order valence-corrected chi connectivity index (χ1v) is 6.54. The maximum atomic E-state index is 3.65. The van der Waals surface area contributed by atoms with E-state index in [1.165, 1.54) is 24.8 Å². The summed E-state index contributed by atoms with van der Waals surface area (Å²) in [6.45, 7) is 5.71. The van der Waals surface area contributed by atoms with Gasteiger partial charge in [0.15, 0.2) is 0 Å². The van der Waals surface area contributed by atoms with Crippen molar-refractivity contribution in [2.75, 3.05) is 6.54 Å². The van der Waals surface area contributed by atoms with Crippen LogP contribution >= 0.6 is 0 Å². The van der Waals surface area contributed by atoms with E-state index in [-0.39, 0.29) is 0 Å². The lowest BCUT2D eigenvalue weighted by atomic mass is 10.0. The highest BCUT2D eigenvalue weighted by molar-refractivity contribution is 5.18. The van der Waals surface area contributed by atoms with Crippen LogP contribution < -0.4 is 5.32 Å². The minimum Gasteiger partial charge on any atom is -0.314 e. The van der Waals surface area contributed by atoms with Gasteiger partial charge in [-0.2, -0.15) is 0 Å². The van der Waals surface area contributed by atoms with Crippen LogP contribution in [0.15, 0.2) is 30.3 Å². The van der Waals surface area contributed by atoms with Crippen LogP contribution in [0, 0.1) is 5.92 Å². The van der Waals surface area contributed by atoms with Gasteiger partial charge in [-0.15, -0.1) is 0 Å². The molecule has 0 aliphatic heterocycles. The minimum absolute atomic E-state index is 0.614. The van der Waals surface area contributed by atoms with Crippen LogP contribution in [0.2, 0.25) is 0 Å². The number of hydrogen-bond acceptors (Lipinski definition) is 1. The Balaban J connectivity index is 1.72. The van der Waals surface area contributed by atoms with Gasteiger partial charge in [0.2, 0.25) is 0 Å². The summed E-state index contributed by atoms with van der Waals surface area (Å²) >= 11 is 0. The zero-order chi connectivity index (χ0) is 11.4. The summed E-state index contributed by atoms with van der Waals surface area (Å²) in [4.78, 5) is 0. The molecule has 2 atom stereocenters. The van der Waals surface area contributed by atoms with Gasteiger partial charge in [-0.1, -0.05) is 50.1 Å². The molecule has 1 aliphatic rings. The number of benzene rings is 1. The van der Waals surface area contributed by atoms with E-state index in [0.717, 1.165) is 12.5 Å². The molecular weight excluding hydrogens is 194 g/mol. The smallest absolute Gasteiger partial charge is 0.00416 e. The first kappa shape index (κ1) is 11.7. The molecule has 1 nitrogen and oxygen atoms in total. The number of hydrogen-bond donors (Lipinski definition) is 1. The molecule has 2 rings (SSSR count). The molecule has 1 fully saturated rings. The molecule has 0 bridgehead atoms. The highest BCUT2D eigenvalue weighted by Gasteiger charge is 2.23. The van der Waals surface area contributed by atoms with Crippen LogP contribution in [-0.2, 0) is 0 Å². The SMILES string of the molecule is CC(CC1CC1)NCC(C)c1ccccc1. The van der Waals surface area contributed by atoms with Gasteiger partial charge in [0.1, 0.15) is 0 Å². The zero-order valence-corrected chi connectivity index (χ0v) is 10.4. The molecule has 0 spiro atoms. The Morgan fingerprint density at radius 1 is 1.19 bits per heavy atom. The molecule has 2 unspecified atom stereocenters. The standard InChI is InChI=1S/C15H23N/c1-12(15-6-4-3-5-7-15)11-16-13(2)10-14-8-9-14/h3-7,12-14,16H,8-11H2,1-2H3. The highest BCUT2D eigenvalue weighted by Crippen LogP contribution is 2.33. The molecule has 16 heavy (non-hydrogen) atoms. The van der Waals surface area contributed by atoms with Crippen molar-refractivity contribution in [1.82, 2.24) is 5.32 Å². The van der Waals surface area contributed by atoms with Crippen molar-refractivity contribution in [3.8, 4) is 0 Å². The summed E-state index contributed by atoms with van der Waals surface area (Å²) in [7, 11) is 0. The molecule has 0 saturated heterocycles. The van der Waals surface area contributed by atoms with Crippen molar-refractivity contribution in [3.05, 3.63) is 35.9 Å². The fourth-order valence-electron chi connectivity index (χ4n) is 2.21. The normalized spacial score (nSPS) is 19.4. The molecule has 0 aromatic heterocycles. The Morgan fingerprint density at radius 3 is 2.50 bits per heavy atom. The lowest BCUT2D eigenvalue weighted by molar-refractivity contribution is 0.471. The summed E-state index contributed by atoms with van der Waals surface area (Å²) in [6, 6.07) is 11.5. The van der Waals surface area contributed by atoms with E-state index < -0.39 is 0 Å². The fraction of sp³-hybridized carbons (Fsp3) is 0.600. The van der Waals surface area contributed by atoms with Gasteiger partial charge in [0, 0.05) is 12.6 Å². The topological polar surface area (TPSA) is 12.0 Å². The number of rotatable bonds is 6. The van der Waals surface area contributed by atoms with Crippen LogP contribution in [-0.4, -0.2) is 12.6 Å². The molecule has 0 heterocycles. The van der Waals surface area contributed by atoms with Gasteiger partial charge >= 0.3 is 0 Å². The maximum Gasteiger partial charge on any atom is 0.00416 e. The summed E-state index contributed by atoms with van der Waals surface area (Å²) in [5.74, 6) is 1.64. The van der Waals surface area contributed by atoms with Crippen molar-refractivity contribution < 1.29 is 0 Å². The lowest BCUT2D eigenvalue weighted by Gasteiger charge is -2.17. The molecule has 1 heteroatoms. The van der Waals surface area contributed by atoms with Gasteiger partial charge in [-0.05, 0) is 30.7 Å². The van der Waals surface area contributed by atoms with E-state index in [0.29, 0.717) is 12.0 Å². The van der Waals surface area contributed by atoms with E-state index in [2.05, 4.69) is 49.5 Å². The zero-order valence-electron chi connectivity index (χ0n) is 10.4. The molecule has 1 aromatic carbocycles. The second-order valence-corrected chi connectivity index (χ2v) is 5.30. The first-order chi connectivity index (χ1) is 7.75. The Bertz CT molecular complexity index is 302. The molecular formula is C15H23N. The molecule has 88 valence electrons. The summed E-state index contributed by atoms with van der Waals surface area (Å²) in [5.41, 5.74) is 1.44. The summed E-state index contributed by atoms with van der Waals surface area (Å²) in [6.07, 6.45) is 4.28.